The minimum Gasteiger partial charge on any atom is -0.480 e. The molecule has 21 heavy (non-hydrogen) atoms. The van der Waals surface area contributed by atoms with Crippen LogP contribution in [0, 0.1) is 5.92 Å². The molecule has 1 aliphatic carbocycles. The third-order valence-electron chi connectivity index (χ3n) is 5.22. The first-order chi connectivity index (χ1) is 10.2. The van der Waals surface area contributed by atoms with Crippen LogP contribution in [0.3, 0.4) is 0 Å². The Morgan fingerprint density at radius 3 is 2.86 bits per heavy atom. The summed E-state index contributed by atoms with van der Waals surface area (Å²) >= 11 is 0. The smallest absolute Gasteiger partial charge is 0.325 e. The van der Waals surface area contributed by atoms with Crippen LogP contribution in [0.5, 0.6) is 0 Å². The van der Waals surface area contributed by atoms with Crippen molar-refractivity contribution in [1.29, 1.82) is 0 Å². The molecule has 3 atom stereocenters. The van der Waals surface area contributed by atoms with Gasteiger partial charge in [-0.25, -0.2) is 10.4 Å². The van der Waals surface area contributed by atoms with Crippen LogP contribution in [0.1, 0.15) is 57.8 Å². The number of hydrazine groups is 2. The fourth-order valence-electron chi connectivity index (χ4n) is 3.67. The second-order valence-electron chi connectivity index (χ2n) is 6.73. The Kier molecular flexibility index (Phi) is 4.62. The van der Waals surface area contributed by atoms with Gasteiger partial charge in [0.25, 0.3) is 0 Å². The SMILES string of the molecule is O=C(O)C12CC1/C=C\CCCCCCC1CCCN1NN2. The lowest BCUT2D eigenvalue weighted by Crippen LogP contribution is -2.57. The van der Waals surface area contributed by atoms with Crippen LogP contribution < -0.4 is 11.0 Å². The highest BCUT2D eigenvalue weighted by Crippen LogP contribution is 2.44. The standard InChI is InChI=1S/C16H27N3O2/c20-15(21)16-12-13(16)8-5-3-1-2-4-6-9-14-10-7-11-19(14)18-17-16/h5,8,13-14,17-18H,1-4,6-7,9-12H2,(H,20,21)/b8-5-. The van der Waals surface area contributed by atoms with Crippen molar-refractivity contribution in [2.24, 2.45) is 5.92 Å². The van der Waals surface area contributed by atoms with Crippen LogP contribution >= 0.6 is 0 Å². The highest BCUT2D eigenvalue weighted by Gasteiger charge is 2.59. The van der Waals surface area contributed by atoms with Gasteiger partial charge >= 0.3 is 5.97 Å². The Labute approximate surface area is 126 Å². The lowest BCUT2D eigenvalue weighted by atomic mass is 10.0. The molecule has 0 bridgehead atoms. The molecular formula is C16H27N3O2. The van der Waals surface area contributed by atoms with E-state index in [0.717, 1.165) is 13.0 Å². The third kappa shape index (κ3) is 3.30. The molecule has 3 N–H and O–H groups in total. The van der Waals surface area contributed by atoms with Gasteiger partial charge in [0, 0.05) is 18.5 Å². The number of fused-ring (bicyclic) bond motifs is 2. The molecule has 0 aromatic rings. The molecule has 5 heteroatoms. The molecule has 1 saturated heterocycles. The summed E-state index contributed by atoms with van der Waals surface area (Å²) in [6, 6.07) is 0.555. The Morgan fingerprint density at radius 2 is 2.00 bits per heavy atom. The average molecular weight is 293 g/mol. The largest absolute Gasteiger partial charge is 0.480 e. The second kappa shape index (κ2) is 6.46. The molecule has 0 spiro atoms. The molecule has 3 unspecified atom stereocenters. The summed E-state index contributed by atoms with van der Waals surface area (Å²) in [7, 11) is 0. The monoisotopic (exact) mass is 293 g/mol. The molecule has 118 valence electrons. The summed E-state index contributed by atoms with van der Waals surface area (Å²) in [5.41, 5.74) is 5.54. The van der Waals surface area contributed by atoms with Crippen LogP contribution in [0.2, 0.25) is 0 Å². The van der Waals surface area contributed by atoms with Gasteiger partial charge in [0.05, 0.1) is 0 Å². The summed E-state index contributed by atoms with van der Waals surface area (Å²) in [6.45, 7) is 1.01. The number of hydrogen-bond donors (Lipinski definition) is 3. The van der Waals surface area contributed by atoms with E-state index in [0.29, 0.717) is 12.5 Å². The van der Waals surface area contributed by atoms with E-state index in [9.17, 15) is 9.90 Å². The van der Waals surface area contributed by atoms with Gasteiger partial charge in [-0.05, 0) is 38.5 Å². The Balaban J connectivity index is 1.66. The van der Waals surface area contributed by atoms with Crippen molar-refractivity contribution in [1.82, 2.24) is 16.0 Å². The number of nitrogens with zero attached hydrogens (tertiary/aromatic N) is 1. The van der Waals surface area contributed by atoms with Crippen molar-refractivity contribution >= 4 is 5.97 Å². The van der Waals surface area contributed by atoms with Gasteiger partial charge in [0.15, 0.2) is 0 Å². The highest BCUT2D eigenvalue weighted by molar-refractivity contribution is 5.83. The van der Waals surface area contributed by atoms with E-state index in [-0.39, 0.29) is 5.92 Å². The van der Waals surface area contributed by atoms with Crippen LogP contribution in [0.4, 0.5) is 0 Å². The minimum atomic E-state index is -0.798. The van der Waals surface area contributed by atoms with Crippen molar-refractivity contribution in [2.45, 2.75) is 69.4 Å². The first kappa shape index (κ1) is 15.0. The predicted octanol–water partition coefficient (Wildman–Crippen LogP) is 2.21. The number of nitrogens with one attached hydrogen (secondary N) is 2. The zero-order chi connectivity index (χ0) is 14.7. The number of carboxylic acid groups (broad SMARTS) is 1. The molecule has 2 heterocycles. The van der Waals surface area contributed by atoms with Gasteiger partial charge in [-0.3, -0.25) is 4.79 Å². The molecule has 0 aromatic heterocycles. The number of hydrogen-bond acceptors (Lipinski definition) is 4. The van der Waals surface area contributed by atoms with E-state index in [4.69, 9.17) is 0 Å². The molecule has 2 fully saturated rings. The summed E-state index contributed by atoms with van der Waals surface area (Å²) in [4.78, 5) is 11.6. The first-order valence-electron chi connectivity index (χ1n) is 8.42. The van der Waals surface area contributed by atoms with E-state index >= 15 is 0 Å². The van der Waals surface area contributed by atoms with Gasteiger partial charge < -0.3 is 5.11 Å². The number of carbonyl (C=O) groups is 1. The second-order valence-corrected chi connectivity index (χ2v) is 6.73. The number of carboxylic acids is 1. The topological polar surface area (TPSA) is 64.6 Å². The van der Waals surface area contributed by atoms with Gasteiger partial charge in [-0.2, -0.15) is 5.53 Å². The van der Waals surface area contributed by atoms with E-state index in [1.807, 2.05) is 0 Å². The van der Waals surface area contributed by atoms with E-state index in [2.05, 4.69) is 28.1 Å². The average Bonchev–Trinajstić information content (AvgIpc) is 3.00. The Morgan fingerprint density at radius 1 is 1.19 bits per heavy atom. The molecule has 0 aromatic carbocycles. The summed E-state index contributed by atoms with van der Waals surface area (Å²) in [5, 5.41) is 11.7. The zero-order valence-electron chi connectivity index (χ0n) is 12.7. The quantitative estimate of drug-likeness (QED) is 0.647. The van der Waals surface area contributed by atoms with Crippen molar-refractivity contribution < 1.29 is 9.90 Å². The lowest BCUT2D eigenvalue weighted by molar-refractivity contribution is -0.142. The molecule has 2 aliphatic heterocycles. The van der Waals surface area contributed by atoms with Gasteiger partial charge in [0.2, 0.25) is 0 Å². The molecule has 0 amide bonds. The molecular weight excluding hydrogens is 266 g/mol. The lowest BCUT2D eigenvalue weighted by Gasteiger charge is -2.28. The van der Waals surface area contributed by atoms with Crippen LogP contribution in [0.25, 0.3) is 0 Å². The maximum Gasteiger partial charge on any atom is 0.325 e. The predicted molar refractivity (Wildman–Crippen MR) is 81.3 cm³/mol. The molecule has 1 saturated carbocycles. The Hall–Kier alpha value is -0.910. The highest BCUT2D eigenvalue weighted by atomic mass is 16.4. The van der Waals surface area contributed by atoms with E-state index < -0.39 is 11.5 Å². The van der Waals surface area contributed by atoms with E-state index in [1.54, 1.807) is 0 Å². The van der Waals surface area contributed by atoms with Crippen LogP contribution in [-0.2, 0) is 4.79 Å². The van der Waals surface area contributed by atoms with E-state index in [1.165, 1.54) is 44.9 Å². The molecule has 0 radical (unpaired) electrons. The first-order valence-corrected chi connectivity index (χ1v) is 8.42. The van der Waals surface area contributed by atoms with Crippen molar-refractivity contribution in [3.63, 3.8) is 0 Å². The maximum absolute atomic E-state index is 11.6. The maximum atomic E-state index is 11.6. The zero-order valence-corrected chi connectivity index (χ0v) is 12.7. The van der Waals surface area contributed by atoms with Crippen LogP contribution in [-0.4, -0.2) is 34.2 Å². The number of allylic oxidation sites excluding steroid dienone is 1. The molecule has 3 aliphatic rings. The summed E-state index contributed by atoms with van der Waals surface area (Å²) in [5.74, 6) is -0.626. The van der Waals surface area contributed by atoms with Crippen molar-refractivity contribution in [3.05, 3.63) is 12.2 Å². The minimum absolute atomic E-state index is 0.117. The summed E-state index contributed by atoms with van der Waals surface area (Å²) in [6.07, 6.45) is 14.8. The fourth-order valence-corrected chi connectivity index (χ4v) is 3.67. The molecule has 5 nitrogen and oxygen atoms in total. The van der Waals surface area contributed by atoms with Crippen molar-refractivity contribution in [3.8, 4) is 0 Å². The summed E-state index contributed by atoms with van der Waals surface area (Å²) < 4.78 is 0. The van der Waals surface area contributed by atoms with Gasteiger partial charge in [-0.1, -0.05) is 31.4 Å². The van der Waals surface area contributed by atoms with Crippen molar-refractivity contribution in [2.75, 3.05) is 6.54 Å². The normalized spacial score (nSPS) is 39.8. The third-order valence-corrected chi connectivity index (χ3v) is 5.22. The van der Waals surface area contributed by atoms with Gasteiger partial charge in [0.1, 0.15) is 5.54 Å². The number of rotatable bonds is 1. The number of aliphatic carboxylic acids is 1. The molecule has 3 rings (SSSR count). The fraction of sp³-hybridized carbons (Fsp3) is 0.812. The van der Waals surface area contributed by atoms with Crippen LogP contribution in [0.15, 0.2) is 12.2 Å². The Bertz CT molecular complexity index is 412. The van der Waals surface area contributed by atoms with Gasteiger partial charge in [-0.15, -0.1) is 0 Å².